The van der Waals surface area contributed by atoms with Gasteiger partial charge in [0.05, 0.1) is 23.7 Å². The second kappa shape index (κ2) is 9.87. The zero-order valence-corrected chi connectivity index (χ0v) is 18.7. The fraction of sp³-hybridized carbons (Fsp3) is 0.320. The molecule has 0 aliphatic rings. The van der Waals surface area contributed by atoms with Crippen LogP contribution in [-0.2, 0) is 13.0 Å². The van der Waals surface area contributed by atoms with Gasteiger partial charge in [-0.3, -0.25) is 0 Å². The van der Waals surface area contributed by atoms with Gasteiger partial charge in [0.2, 0.25) is 0 Å². The maximum absolute atomic E-state index is 14.8. The molecule has 0 fully saturated rings. The molecule has 2 heterocycles. The Labute approximate surface area is 187 Å². The lowest BCUT2D eigenvalue weighted by Crippen LogP contribution is -2.15. The summed E-state index contributed by atoms with van der Waals surface area (Å²) in [6.45, 7) is 7.90. The molecule has 7 heteroatoms. The van der Waals surface area contributed by atoms with E-state index < -0.39 is 0 Å². The highest BCUT2D eigenvalue weighted by molar-refractivity contribution is 5.85. The van der Waals surface area contributed by atoms with Crippen LogP contribution in [0.5, 0.6) is 5.75 Å². The first kappa shape index (κ1) is 21.9. The Hall–Kier alpha value is -3.32. The van der Waals surface area contributed by atoms with Crippen LogP contribution in [0.3, 0.4) is 0 Å². The van der Waals surface area contributed by atoms with Crippen molar-refractivity contribution in [3.63, 3.8) is 0 Å². The van der Waals surface area contributed by atoms with Gasteiger partial charge in [-0.2, -0.15) is 15.3 Å². The monoisotopic (exact) mass is 433 g/mol. The fourth-order valence-electron chi connectivity index (χ4n) is 3.90. The van der Waals surface area contributed by atoms with Gasteiger partial charge < -0.3 is 10.1 Å². The molecule has 0 spiro atoms. The van der Waals surface area contributed by atoms with E-state index in [2.05, 4.69) is 27.6 Å². The van der Waals surface area contributed by atoms with Gasteiger partial charge in [0, 0.05) is 18.0 Å². The number of hydrogen-bond acceptors (Lipinski definition) is 5. The molecule has 32 heavy (non-hydrogen) atoms. The second-order valence-electron chi connectivity index (χ2n) is 7.77. The van der Waals surface area contributed by atoms with Crippen LogP contribution in [0.4, 0.5) is 4.39 Å². The van der Waals surface area contributed by atoms with Gasteiger partial charge in [0.1, 0.15) is 17.0 Å². The Balaban J connectivity index is 1.53. The summed E-state index contributed by atoms with van der Waals surface area (Å²) in [5, 5.41) is 17.9. The number of nitrogens with zero attached hydrogens (tertiary/aromatic N) is 4. The van der Waals surface area contributed by atoms with Crippen LogP contribution >= 0.6 is 0 Å². The molecule has 0 aliphatic heterocycles. The molecule has 2 aromatic carbocycles. The van der Waals surface area contributed by atoms with Gasteiger partial charge in [-0.25, -0.2) is 9.07 Å². The average Bonchev–Trinajstić information content (AvgIpc) is 3.14. The normalized spacial score (nSPS) is 11.2. The van der Waals surface area contributed by atoms with E-state index in [1.807, 2.05) is 39.0 Å². The van der Waals surface area contributed by atoms with Crippen molar-refractivity contribution in [3.05, 3.63) is 77.0 Å². The van der Waals surface area contributed by atoms with E-state index in [0.717, 1.165) is 53.9 Å². The van der Waals surface area contributed by atoms with Gasteiger partial charge in [0.25, 0.3) is 0 Å². The number of nitrogens with one attached hydrogen (secondary N) is 1. The Bertz CT molecular complexity index is 1210. The standard InChI is InChI=1S/C25H28FN5O/c1-4-32-20-12-13-23(21(26)15-20)31-18(3)24-17(2)28-29-22(25(24)30-31)11-8-14-27-16-19-9-6-5-7-10-19/h5-7,9-10,12-13,15,27H,4,8,11,14,16H2,1-3H3. The van der Waals surface area contributed by atoms with E-state index in [1.54, 1.807) is 16.8 Å². The number of ether oxygens (including phenoxy) is 1. The zero-order chi connectivity index (χ0) is 22.5. The smallest absolute Gasteiger partial charge is 0.152 e. The molecule has 0 amide bonds. The third kappa shape index (κ3) is 4.62. The Kier molecular flexibility index (Phi) is 6.75. The predicted molar refractivity (Wildman–Crippen MR) is 124 cm³/mol. The van der Waals surface area contributed by atoms with Gasteiger partial charge in [-0.05, 0) is 57.9 Å². The van der Waals surface area contributed by atoms with Crippen LogP contribution in [0.1, 0.15) is 36.0 Å². The molecule has 2 aromatic heterocycles. The predicted octanol–water partition coefficient (Wildman–Crippen LogP) is 4.69. The fourth-order valence-corrected chi connectivity index (χ4v) is 3.90. The molecule has 4 aromatic rings. The van der Waals surface area contributed by atoms with Crippen LogP contribution < -0.4 is 10.1 Å². The molecule has 0 unspecified atom stereocenters. The van der Waals surface area contributed by atoms with Crippen molar-refractivity contribution in [3.8, 4) is 11.4 Å². The van der Waals surface area contributed by atoms with Crippen LogP contribution in [0.25, 0.3) is 16.6 Å². The van der Waals surface area contributed by atoms with Crippen molar-refractivity contribution in [2.45, 2.75) is 40.2 Å². The molecule has 6 nitrogen and oxygen atoms in total. The molecular formula is C25H28FN5O. The number of benzene rings is 2. The molecule has 166 valence electrons. The van der Waals surface area contributed by atoms with Crippen molar-refractivity contribution in [1.82, 2.24) is 25.3 Å². The minimum absolute atomic E-state index is 0.378. The van der Waals surface area contributed by atoms with Gasteiger partial charge in [-0.15, -0.1) is 0 Å². The van der Waals surface area contributed by atoms with E-state index in [-0.39, 0.29) is 5.82 Å². The van der Waals surface area contributed by atoms with E-state index in [0.29, 0.717) is 18.0 Å². The van der Waals surface area contributed by atoms with E-state index in [9.17, 15) is 4.39 Å². The lowest BCUT2D eigenvalue weighted by Gasteiger charge is -2.08. The van der Waals surface area contributed by atoms with Crippen molar-refractivity contribution in [1.29, 1.82) is 0 Å². The Morgan fingerprint density at radius 2 is 1.88 bits per heavy atom. The maximum atomic E-state index is 14.8. The average molecular weight is 434 g/mol. The summed E-state index contributed by atoms with van der Waals surface area (Å²) in [4.78, 5) is 0. The zero-order valence-electron chi connectivity index (χ0n) is 18.7. The molecule has 0 aliphatic carbocycles. The van der Waals surface area contributed by atoms with Crippen molar-refractivity contribution >= 4 is 10.9 Å². The molecular weight excluding hydrogens is 405 g/mol. The van der Waals surface area contributed by atoms with Gasteiger partial charge in [0.15, 0.2) is 5.82 Å². The first-order valence-corrected chi connectivity index (χ1v) is 11.0. The van der Waals surface area contributed by atoms with Crippen molar-refractivity contribution in [2.75, 3.05) is 13.2 Å². The van der Waals surface area contributed by atoms with Crippen molar-refractivity contribution in [2.24, 2.45) is 0 Å². The first-order valence-electron chi connectivity index (χ1n) is 11.0. The van der Waals surface area contributed by atoms with Crippen molar-refractivity contribution < 1.29 is 9.13 Å². The molecule has 0 saturated carbocycles. The Morgan fingerprint density at radius 1 is 1.06 bits per heavy atom. The second-order valence-corrected chi connectivity index (χ2v) is 7.77. The Morgan fingerprint density at radius 3 is 2.62 bits per heavy atom. The topological polar surface area (TPSA) is 64.9 Å². The summed E-state index contributed by atoms with van der Waals surface area (Å²) >= 11 is 0. The molecule has 1 N–H and O–H groups in total. The lowest BCUT2D eigenvalue weighted by molar-refractivity contribution is 0.338. The van der Waals surface area contributed by atoms with Crippen LogP contribution in [-0.4, -0.2) is 33.1 Å². The summed E-state index contributed by atoms with van der Waals surface area (Å²) in [5.41, 5.74) is 4.90. The number of halogens is 1. The van der Waals surface area contributed by atoms with Crippen LogP contribution in [0, 0.1) is 19.7 Å². The van der Waals surface area contributed by atoms with Gasteiger partial charge in [-0.1, -0.05) is 30.3 Å². The molecule has 0 saturated heterocycles. The lowest BCUT2D eigenvalue weighted by atomic mass is 10.1. The molecule has 0 radical (unpaired) electrons. The van der Waals surface area contributed by atoms with E-state index >= 15 is 0 Å². The summed E-state index contributed by atoms with van der Waals surface area (Å²) < 4.78 is 21.9. The van der Waals surface area contributed by atoms with Gasteiger partial charge >= 0.3 is 0 Å². The van der Waals surface area contributed by atoms with E-state index in [4.69, 9.17) is 9.84 Å². The number of rotatable bonds is 9. The maximum Gasteiger partial charge on any atom is 0.152 e. The highest BCUT2D eigenvalue weighted by atomic mass is 19.1. The summed E-state index contributed by atoms with van der Waals surface area (Å²) in [6, 6.07) is 15.2. The number of fused-ring (bicyclic) bond motifs is 1. The largest absolute Gasteiger partial charge is 0.494 e. The summed E-state index contributed by atoms with van der Waals surface area (Å²) in [7, 11) is 0. The minimum Gasteiger partial charge on any atom is -0.494 e. The highest BCUT2D eigenvalue weighted by Crippen LogP contribution is 2.27. The number of hydrogen-bond donors (Lipinski definition) is 1. The van der Waals surface area contributed by atoms with Crippen LogP contribution in [0.15, 0.2) is 48.5 Å². The summed E-state index contributed by atoms with van der Waals surface area (Å²) in [6.07, 6.45) is 1.65. The third-order valence-electron chi connectivity index (χ3n) is 5.47. The molecule has 4 rings (SSSR count). The van der Waals surface area contributed by atoms with Crippen LogP contribution in [0.2, 0.25) is 0 Å². The SMILES string of the molecule is CCOc1ccc(-n2nc3c(CCCNCc4ccccc4)nnc(C)c3c2C)c(F)c1. The number of aromatic nitrogens is 4. The minimum atomic E-state index is -0.378. The molecule has 0 bridgehead atoms. The summed E-state index contributed by atoms with van der Waals surface area (Å²) in [5.74, 6) is 0.128. The number of aryl methyl sites for hydroxylation is 3. The highest BCUT2D eigenvalue weighted by Gasteiger charge is 2.18. The first-order chi connectivity index (χ1) is 15.6. The molecule has 0 atom stereocenters. The third-order valence-corrected chi connectivity index (χ3v) is 5.47. The quantitative estimate of drug-likeness (QED) is 0.388. The van der Waals surface area contributed by atoms with E-state index in [1.165, 1.54) is 11.6 Å².